The number of nitrogens with zero attached hydrogens (tertiary/aromatic N) is 1. The quantitative estimate of drug-likeness (QED) is 0.248. The summed E-state index contributed by atoms with van der Waals surface area (Å²) in [4.78, 5) is 26.9. The number of aryl methyl sites for hydroxylation is 1. The van der Waals surface area contributed by atoms with E-state index < -0.39 is 5.97 Å². The molecule has 5 heteroatoms. The second-order valence-corrected chi connectivity index (χ2v) is 6.21. The van der Waals surface area contributed by atoms with Crippen molar-refractivity contribution in [1.82, 2.24) is 4.98 Å². The van der Waals surface area contributed by atoms with Crippen molar-refractivity contribution in [3.8, 4) is 5.75 Å². The summed E-state index contributed by atoms with van der Waals surface area (Å²) in [7, 11) is 0. The standard InChI is InChI=1S/C23H25NO4/c1-2-22(25)28-21-11-8-20(9-12-21)10-13-23(26)27-18-6-4-3-5-7-19-14-16-24-17-15-19/h2,8-17H,1,3-7,18H2/b13-10+. The fraction of sp³-hybridized carbons (Fsp3) is 0.261. The van der Waals surface area contributed by atoms with Gasteiger partial charge in [-0.05, 0) is 60.7 Å². The number of hydrogen-bond donors (Lipinski definition) is 0. The molecule has 0 saturated carbocycles. The second-order valence-electron chi connectivity index (χ2n) is 6.21. The van der Waals surface area contributed by atoms with Crippen LogP contribution in [0.15, 0.2) is 67.5 Å². The molecule has 0 aliphatic carbocycles. The van der Waals surface area contributed by atoms with Crippen LogP contribution in [0.2, 0.25) is 0 Å². The Morgan fingerprint density at radius 3 is 2.36 bits per heavy atom. The van der Waals surface area contributed by atoms with Crippen LogP contribution in [0.5, 0.6) is 5.75 Å². The van der Waals surface area contributed by atoms with E-state index in [4.69, 9.17) is 9.47 Å². The molecule has 0 fully saturated rings. The third kappa shape index (κ3) is 8.45. The smallest absolute Gasteiger partial charge is 0.335 e. The first-order valence-corrected chi connectivity index (χ1v) is 9.35. The SMILES string of the molecule is C=CC(=O)Oc1ccc(/C=C/C(=O)OCCCCCCc2ccncc2)cc1. The van der Waals surface area contributed by atoms with Crippen molar-refractivity contribution < 1.29 is 19.1 Å². The van der Waals surface area contributed by atoms with E-state index in [2.05, 4.69) is 11.6 Å². The normalized spacial score (nSPS) is 10.6. The van der Waals surface area contributed by atoms with Gasteiger partial charge in [-0.2, -0.15) is 0 Å². The van der Waals surface area contributed by atoms with Crippen molar-refractivity contribution >= 4 is 18.0 Å². The van der Waals surface area contributed by atoms with Crippen molar-refractivity contribution in [2.45, 2.75) is 32.1 Å². The topological polar surface area (TPSA) is 65.5 Å². The molecule has 0 aliphatic heterocycles. The Morgan fingerprint density at radius 1 is 0.929 bits per heavy atom. The highest BCUT2D eigenvalue weighted by atomic mass is 16.5. The molecule has 1 heterocycles. The van der Waals surface area contributed by atoms with E-state index in [1.807, 2.05) is 24.5 Å². The van der Waals surface area contributed by atoms with Crippen LogP contribution in [0.1, 0.15) is 36.8 Å². The van der Waals surface area contributed by atoms with E-state index in [0.29, 0.717) is 12.4 Å². The maximum absolute atomic E-state index is 11.7. The predicted molar refractivity (Wildman–Crippen MR) is 109 cm³/mol. The molecule has 0 N–H and O–H groups in total. The van der Waals surface area contributed by atoms with Gasteiger partial charge in [0.15, 0.2) is 0 Å². The lowest BCUT2D eigenvalue weighted by Gasteiger charge is -2.03. The molecule has 0 bridgehead atoms. The van der Waals surface area contributed by atoms with Gasteiger partial charge < -0.3 is 9.47 Å². The van der Waals surface area contributed by atoms with Crippen molar-refractivity contribution in [1.29, 1.82) is 0 Å². The molecular weight excluding hydrogens is 354 g/mol. The molecule has 5 nitrogen and oxygen atoms in total. The van der Waals surface area contributed by atoms with Gasteiger partial charge in [0, 0.05) is 24.5 Å². The Hall–Kier alpha value is -3.21. The van der Waals surface area contributed by atoms with E-state index in [-0.39, 0.29) is 5.97 Å². The molecule has 1 aromatic carbocycles. The van der Waals surface area contributed by atoms with Gasteiger partial charge in [-0.15, -0.1) is 0 Å². The molecule has 1 aromatic heterocycles. The molecule has 0 saturated heterocycles. The summed E-state index contributed by atoms with van der Waals surface area (Å²) in [5, 5.41) is 0. The Labute approximate surface area is 165 Å². The van der Waals surface area contributed by atoms with E-state index in [1.165, 1.54) is 11.6 Å². The average molecular weight is 379 g/mol. The van der Waals surface area contributed by atoms with Crippen molar-refractivity contribution in [3.63, 3.8) is 0 Å². The minimum Gasteiger partial charge on any atom is -0.463 e. The van der Waals surface area contributed by atoms with Gasteiger partial charge >= 0.3 is 11.9 Å². The highest BCUT2D eigenvalue weighted by Gasteiger charge is 2.00. The minimum absolute atomic E-state index is 0.362. The summed E-state index contributed by atoms with van der Waals surface area (Å²) in [6.07, 6.45) is 13.0. The van der Waals surface area contributed by atoms with Gasteiger partial charge in [0.05, 0.1) is 6.61 Å². The lowest BCUT2D eigenvalue weighted by atomic mass is 10.1. The summed E-state index contributed by atoms with van der Waals surface area (Å²) in [6, 6.07) is 10.9. The number of benzene rings is 1. The van der Waals surface area contributed by atoms with E-state index in [9.17, 15) is 9.59 Å². The zero-order valence-corrected chi connectivity index (χ0v) is 15.9. The van der Waals surface area contributed by atoms with Crippen LogP contribution in [0.25, 0.3) is 6.08 Å². The summed E-state index contributed by atoms with van der Waals surface area (Å²) in [5.74, 6) is -0.447. The highest BCUT2D eigenvalue weighted by molar-refractivity contribution is 5.87. The monoisotopic (exact) mass is 379 g/mol. The Balaban J connectivity index is 1.57. The van der Waals surface area contributed by atoms with Gasteiger partial charge in [0.25, 0.3) is 0 Å². The van der Waals surface area contributed by atoms with Crippen LogP contribution in [0.4, 0.5) is 0 Å². The first-order valence-electron chi connectivity index (χ1n) is 9.35. The number of esters is 2. The summed E-state index contributed by atoms with van der Waals surface area (Å²) in [6.45, 7) is 3.77. The zero-order valence-electron chi connectivity index (χ0n) is 15.9. The summed E-state index contributed by atoms with van der Waals surface area (Å²) in [5.41, 5.74) is 2.12. The summed E-state index contributed by atoms with van der Waals surface area (Å²) < 4.78 is 10.2. The highest BCUT2D eigenvalue weighted by Crippen LogP contribution is 2.13. The van der Waals surface area contributed by atoms with E-state index >= 15 is 0 Å². The third-order valence-corrected chi connectivity index (χ3v) is 4.03. The molecule has 0 amide bonds. The number of carbonyl (C=O) groups excluding carboxylic acids is 2. The average Bonchev–Trinajstić information content (AvgIpc) is 2.73. The lowest BCUT2D eigenvalue weighted by Crippen LogP contribution is -2.03. The molecule has 2 aromatic rings. The van der Waals surface area contributed by atoms with Crippen LogP contribution in [0.3, 0.4) is 0 Å². The largest absolute Gasteiger partial charge is 0.463 e. The van der Waals surface area contributed by atoms with Crippen LogP contribution in [-0.4, -0.2) is 23.5 Å². The van der Waals surface area contributed by atoms with Crippen molar-refractivity contribution in [2.24, 2.45) is 0 Å². The van der Waals surface area contributed by atoms with Gasteiger partial charge in [-0.3, -0.25) is 4.98 Å². The van der Waals surface area contributed by atoms with Gasteiger partial charge in [0.2, 0.25) is 0 Å². The third-order valence-electron chi connectivity index (χ3n) is 4.03. The van der Waals surface area contributed by atoms with Gasteiger partial charge in [-0.1, -0.05) is 31.6 Å². The Kier molecular flexibility index (Phi) is 9.21. The first-order chi connectivity index (χ1) is 13.7. The fourth-order valence-corrected chi connectivity index (χ4v) is 2.52. The Morgan fingerprint density at radius 2 is 1.64 bits per heavy atom. The van der Waals surface area contributed by atoms with Crippen molar-refractivity contribution in [3.05, 3.63) is 78.6 Å². The Bertz CT molecular complexity index is 782. The van der Waals surface area contributed by atoms with Gasteiger partial charge in [-0.25, -0.2) is 9.59 Å². The minimum atomic E-state index is -0.510. The molecule has 0 atom stereocenters. The van der Waals surface area contributed by atoms with Crippen LogP contribution in [-0.2, 0) is 20.7 Å². The molecular formula is C23H25NO4. The van der Waals surface area contributed by atoms with Crippen LogP contribution < -0.4 is 4.74 Å². The molecule has 0 spiro atoms. The number of rotatable bonds is 11. The molecule has 28 heavy (non-hydrogen) atoms. The maximum Gasteiger partial charge on any atom is 0.335 e. The number of pyridine rings is 1. The second kappa shape index (κ2) is 12.2. The first kappa shape index (κ1) is 21.1. The number of aromatic nitrogens is 1. The maximum atomic E-state index is 11.7. The van der Waals surface area contributed by atoms with E-state index in [0.717, 1.165) is 43.7 Å². The number of hydrogen-bond acceptors (Lipinski definition) is 5. The fourth-order valence-electron chi connectivity index (χ4n) is 2.52. The molecule has 146 valence electrons. The number of carbonyl (C=O) groups is 2. The van der Waals surface area contributed by atoms with Crippen LogP contribution >= 0.6 is 0 Å². The molecule has 0 radical (unpaired) electrons. The molecule has 0 unspecified atom stereocenters. The molecule has 0 aliphatic rings. The number of unbranched alkanes of at least 4 members (excludes halogenated alkanes) is 3. The number of ether oxygens (including phenoxy) is 2. The zero-order chi connectivity index (χ0) is 20.0. The van der Waals surface area contributed by atoms with Gasteiger partial charge in [0.1, 0.15) is 5.75 Å². The predicted octanol–water partition coefficient (Wildman–Crippen LogP) is 4.53. The van der Waals surface area contributed by atoms with Crippen molar-refractivity contribution in [2.75, 3.05) is 6.61 Å². The lowest BCUT2D eigenvalue weighted by molar-refractivity contribution is -0.137. The van der Waals surface area contributed by atoms with E-state index in [1.54, 1.807) is 30.3 Å². The van der Waals surface area contributed by atoms with Crippen LogP contribution in [0, 0.1) is 0 Å². The molecule has 2 rings (SSSR count). The summed E-state index contributed by atoms with van der Waals surface area (Å²) >= 11 is 0.